The van der Waals surface area contributed by atoms with Gasteiger partial charge in [-0.2, -0.15) is 5.26 Å². The average Bonchev–Trinajstić information content (AvgIpc) is 2.80. The van der Waals surface area contributed by atoms with Gasteiger partial charge in [0.05, 0.1) is 11.6 Å². The number of hydrogen-bond donors (Lipinski definition) is 1. The molecule has 0 aliphatic carbocycles. The van der Waals surface area contributed by atoms with Crippen LogP contribution >= 0.6 is 11.8 Å². The first-order chi connectivity index (χ1) is 14.7. The number of unbranched alkanes of at least 4 members (excludes halogenated alkanes) is 1. The highest BCUT2D eigenvalue weighted by molar-refractivity contribution is 7.99. The van der Waals surface area contributed by atoms with Crippen molar-refractivity contribution in [3.63, 3.8) is 0 Å². The predicted molar refractivity (Wildman–Crippen MR) is 124 cm³/mol. The molecule has 6 heteroatoms. The molecule has 1 amide bonds. The minimum atomic E-state index is 0.118. The smallest absolute Gasteiger partial charge is 0.220 e. The molecule has 0 aromatic heterocycles. The summed E-state index contributed by atoms with van der Waals surface area (Å²) in [5.74, 6) is 0.872. The van der Waals surface area contributed by atoms with E-state index in [2.05, 4.69) is 51.5 Å². The summed E-state index contributed by atoms with van der Waals surface area (Å²) in [6.07, 6.45) is 2.66. The lowest BCUT2D eigenvalue weighted by Crippen LogP contribution is -2.46. The lowest BCUT2D eigenvalue weighted by atomic mass is 10.2. The molecule has 1 heterocycles. The van der Waals surface area contributed by atoms with Crippen molar-refractivity contribution < 1.29 is 4.79 Å². The summed E-state index contributed by atoms with van der Waals surface area (Å²) in [6.45, 7) is 6.23. The molecule has 5 nitrogen and oxygen atoms in total. The van der Waals surface area contributed by atoms with E-state index in [1.54, 1.807) is 11.8 Å². The normalized spacial score (nSPS) is 14.3. The lowest BCUT2D eigenvalue weighted by molar-refractivity contribution is -0.120. The number of nitriles is 1. The maximum absolute atomic E-state index is 12.0. The van der Waals surface area contributed by atoms with Crippen LogP contribution in [-0.2, 0) is 4.79 Å². The van der Waals surface area contributed by atoms with Crippen molar-refractivity contribution in [2.75, 3.05) is 49.9 Å². The van der Waals surface area contributed by atoms with Gasteiger partial charge in [-0.15, -0.1) is 11.8 Å². The molecule has 2 aromatic rings. The molecular weight excluding hydrogens is 392 g/mol. The van der Waals surface area contributed by atoms with Crippen LogP contribution in [0.5, 0.6) is 0 Å². The van der Waals surface area contributed by atoms with Crippen LogP contribution in [0.3, 0.4) is 0 Å². The summed E-state index contributed by atoms with van der Waals surface area (Å²) in [6, 6.07) is 20.2. The van der Waals surface area contributed by atoms with E-state index in [9.17, 15) is 4.79 Å². The van der Waals surface area contributed by atoms with Gasteiger partial charge in [0.25, 0.3) is 0 Å². The summed E-state index contributed by atoms with van der Waals surface area (Å²) < 4.78 is 0. The highest BCUT2D eigenvalue weighted by atomic mass is 32.2. The first-order valence-corrected chi connectivity index (χ1v) is 11.7. The zero-order valence-corrected chi connectivity index (χ0v) is 18.2. The minimum Gasteiger partial charge on any atom is -0.369 e. The zero-order valence-electron chi connectivity index (χ0n) is 17.4. The Morgan fingerprint density at radius 1 is 1.00 bits per heavy atom. The Bertz CT molecular complexity index is 811. The Labute approximate surface area is 184 Å². The second-order valence-electron chi connectivity index (χ2n) is 7.46. The van der Waals surface area contributed by atoms with Gasteiger partial charge in [-0.05, 0) is 55.8 Å². The lowest BCUT2D eigenvalue weighted by Gasteiger charge is -2.36. The zero-order chi connectivity index (χ0) is 21.0. The molecule has 0 unspecified atom stereocenters. The quantitative estimate of drug-likeness (QED) is 0.467. The molecule has 1 fully saturated rings. The van der Waals surface area contributed by atoms with Crippen molar-refractivity contribution in [1.29, 1.82) is 5.26 Å². The Morgan fingerprint density at radius 3 is 2.43 bits per heavy atom. The third-order valence-corrected chi connectivity index (χ3v) is 6.31. The molecule has 3 rings (SSSR count). The number of hydrogen-bond acceptors (Lipinski definition) is 5. The number of carbonyl (C=O) groups is 1. The van der Waals surface area contributed by atoms with Crippen LogP contribution in [-0.4, -0.2) is 55.8 Å². The molecular formula is C24H30N4OS. The van der Waals surface area contributed by atoms with E-state index in [-0.39, 0.29) is 5.91 Å². The van der Waals surface area contributed by atoms with Crippen LogP contribution in [0.15, 0.2) is 59.5 Å². The van der Waals surface area contributed by atoms with E-state index in [1.165, 1.54) is 5.69 Å². The van der Waals surface area contributed by atoms with Crippen LogP contribution in [0.2, 0.25) is 0 Å². The maximum Gasteiger partial charge on any atom is 0.220 e. The number of carbonyl (C=O) groups excluding carboxylic acids is 1. The Kier molecular flexibility index (Phi) is 9.07. The van der Waals surface area contributed by atoms with Crippen molar-refractivity contribution in [2.45, 2.75) is 24.2 Å². The summed E-state index contributed by atoms with van der Waals surface area (Å²) in [5.41, 5.74) is 1.98. The molecule has 1 aliphatic rings. The van der Waals surface area contributed by atoms with E-state index in [4.69, 9.17) is 5.26 Å². The number of nitrogens with zero attached hydrogens (tertiary/aromatic N) is 3. The van der Waals surface area contributed by atoms with E-state index >= 15 is 0 Å². The topological polar surface area (TPSA) is 59.4 Å². The number of piperazine rings is 1. The second-order valence-corrected chi connectivity index (χ2v) is 8.62. The summed E-state index contributed by atoms with van der Waals surface area (Å²) in [4.78, 5) is 18.1. The fourth-order valence-electron chi connectivity index (χ4n) is 3.53. The van der Waals surface area contributed by atoms with Gasteiger partial charge in [-0.3, -0.25) is 9.69 Å². The minimum absolute atomic E-state index is 0.118. The number of thioether (sulfide) groups is 1. The van der Waals surface area contributed by atoms with Crippen LogP contribution in [0.4, 0.5) is 5.69 Å². The monoisotopic (exact) mass is 422 g/mol. The van der Waals surface area contributed by atoms with Crippen molar-refractivity contribution in [3.8, 4) is 6.07 Å². The van der Waals surface area contributed by atoms with Crippen molar-refractivity contribution in [1.82, 2.24) is 10.2 Å². The predicted octanol–water partition coefficient (Wildman–Crippen LogP) is 3.76. The van der Waals surface area contributed by atoms with Gasteiger partial charge in [0.1, 0.15) is 0 Å². The van der Waals surface area contributed by atoms with Crippen LogP contribution in [0, 0.1) is 11.3 Å². The van der Waals surface area contributed by atoms with Crippen LogP contribution < -0.4 is 10.2 Å². The molecule has 30 heavy (non-hydrogen) atoms. The van der Waals surface area contributed by atoms with Gasteiger partial charge >= 0.3 is 0 Å². The standard InChI is InChI=1S/C24H30N4OS/c25-20-21-8-10-23(11-9-21)30-19-12-24(29)26-13-4-5-14-27-15-17-28(18-16-27)22-6-2-1-3-7-22/h1-3,6-11H,4-5,12-19H2,(H,26,29). The average molecular weight is 423 g/mol. The number of anilines is 1. The van der Waals surface area contributed by atoms with Gasteiger partial charge in [0, 0.05) is 55.5 Å². The highest BCUT2D eigenvalue weighted by Crippen LogP contribution is 2.19. The fraction of sp³-hybridized carbons (Fsp3) is 0.417. The Hall–Kier alpha value is -2.49. The number of amides is 1. The molecule has 0 spiro atoms. The summed E-state index contributed by atoms with van der Waals surface area (Å²) in [5, 5.41) is 11.8. The molecule has 1 saturated heterocycles. The van der Waals surface area contributed by atoms with Gasteiger partial charge in [-0.25, -0.2) is 0 Å². The molecule has 0 saturated carbocycles. The van der Waals surface area contributed by atoms with Crippen molar-refractivity contribution in [3.05, 3.63) is 60.2 Å². The number of rotatable bonds is 10. The van der Waals surface area contributed by atoms with E-state index < -0.39 is 0 Å². The largest absolute Gasteiger partial charge is 0.369 e. The Morgan fingerprint density at radius 2 is 1.73 bits per heavy atom. The molecule has 2 aromatic carbocycles. The number of nitrogens with one attached hydrogen (secondary N) is 1. The van der Waals surface area contributed by atoms with Crippen LogP contribution in [0.1, 0.15) is 24.8 Å². The van der Waals surface area contributed by atoms with Crippen molar-refractivity contribution >= 4 is 23.4 Å². The second kappa shape index (κ2) is 12.3. The third-order valence-electron chi connectivity index (χ3n) is 5.30. The van der Waals surface area contributed by atoms with Gasteiger partial charge < -0.3 is 10.2 Å². The van der Waals surface area contributed by atoms with Gasteiger partial charge in [0.15, 0.2) is 0 Å². The summed E-state index contributed by atoms with van der Waals surface area (Å²) in [7, 11) is 0. The maximum atomic E-state index is 12.0. The highest BCUT2D eigenvalue weighted by Gasteiger charge is 2.16. The first kappa shape index (κ1) is 22.2. The van der Waals surface area contributed by atoms with Gasteiger partial charge in [0.2, 0.25) is 5.91 Å². The number of benzene rings is 2. The molecule has 0 radical (unpaired) electrons. The van der Waals surface area contributed by atoms with Crippen molar-refractivity contribution in [2.24, 2.45) is 0 Å². The Balaban J connectivity index is 1.20. The molecule has 1 aliphatic heterocycles. The van der Waals surface area contributed by atoms with E-state index in [1.807, 2.05) is 24.3 Å². The van der Waals surface area contributed by atoms with Crippen LogP contribution in [0.25, 0.3) is 0 Å². The summed E-state index contributed by atoms with van der Waals surface area (Å²) >= 11 is 1.65. The molecule has 1 N–H and O–H groups in total. The van der Waals surface area contributed by atoms with E-state index in [0.29, 0.717) is 12.0 Å². The molecule has 0 bridgehead atoms. The SMILES string of the molecule is N#Cc1ccc(SCCC(=O)NCCCCN2CCN(c3ccccc3)CC2)cc1. The van der Waals surface area contributed by atoms with Gasteiger partial charge in [-0.1, -0.05) is 18.2 Å². The fourth-order valence-corrected chi connectivity index (χ4v) is 4.38. The molecule has 0 atom stereocenters. The van der Waals surface area contributed by atoms with E-state index in [0.717, 1.165) is 62.8 Å². The first-order valence-electron chi connectivity index (χ1n) is 10.7. The molecule has 158 valence electrons. The number of para-hydroxylation sites is 1. The third kappa shape index (κ3) is 7.40.